The lowest BCUT2D eigenvalue weighted by atomic mass is 9.78. The van der Waals surface area contributed by atoms with Crippen LogP contribution in [0.25, 0.3) is 44.5 Å². The molecule has 0 bridgehead atoms. The molecule has 0 aliphatic heterocycles. The van der Waals surface area contributed by atoms with Gasteiger partial charge in [0.25, 0.3) is 0 Å². The molecule has 0 aliphatic rings. The number of rotatable bonds is 9. The molecule has 0 spiro atoms. The van der Waals surface area contributed by atoms with Crippen LogP contribution in [0.15, 0.2) is 212 Å². The summed E-state index contributed by atoms with van der Waals surface area (Å²) in [6.45, 7) is 4.61. The largest absolute Gasteiger partial charge is 0.310 e. The predicted molar refractivity (Wildman–Crippen MR) is 221 cm³/mol. The van der Waals surface area contributed by atoms with Crippen LogP contribution in [-0.4, -0.2) is 0 Å². The van der Waals surface area contributed by atoms with Crippen LogP contribution in [0.4, 0.5) is 17.1 Å². The van der Waals surface area contributed by atoms with Gasteiger partial charge in [-0.3, -0.25) is 0 Å². The summed E-state index contributed by atoms with van der Waals surface area (Å²) in [6, 6.07) is 76.5. The zero-order valence-electron chi connectivity index (χ0n) is 29.7. The fraction of sp³-hybridized carbons (Fsp3) is 0.0588. The Labute approximate surface area is 308 Å². The summed E-state index contributed by atoms with van der Waals surface area (Å²) in [4.78, 5) is 2.41. The maximum atomic E-state index is 2.41. The van der Waals surface area contributed by atoms with E-state index in [1.807, 2.05) is 0 Å². The lowest BCUT2D eigenvalue weighted by Gasteiger charge is -2.30. The van der Waals surface area contributed by atoms with Gasteiger partial charge < -0.3 is 4.90 Å². The maximum Gasteiger partial charge on any atom is 0.0540 e. The summed E-state index contributed by atoms with van der Waals surface area (Å²) in [5.41, 5.74) is 15.3. The molecule has 0 atom stereocenters. The average Bonchev–Trinajstić information content (AvgIpc) is 3.22. The molecule has 0 radical (unpaired) electrons. The van der Waals surface area contributed by atoms with Gasteiger partial charge in [0.1, 0.15) is 0 Å². The van der Waals surface area contributed by atoms with Crippen LogP contribution in [0.5, 0.6) is 0 Å². The highest BCUT2D eigenvalue weighted by atomic mass is 15.1. The summed E-state index contributed by atoms with van der Waals surface area (Å²) in [5, 5.41) is 0. The Hall–Kier alpha value is -6.44. The van der Waals surface area contributed by atoms with Crippen molar-refractivity contribution < 1.29 is 0 Å². The Morgan fingerprint density at radius 1 is 0.308 bits per heavy atom. The van der Waals surface area contributed by atoms with Gasteiger partial charge in [0.15, 0.2) is 0 Å². The fourth-order valence-corrected chi connectivity index (χ4v) is 7.27. The molecule has 0 saturated heterocycles. The normalized spacial score (nSPS) is 11.3. The lowest BCUT2D eigenvalue weighted by molar-refractivity contribution is 0.641. The summed E-state index contributed by atoms with van der Waals surface area (Å²) in [7, 11) is 0. The van der Waals surface area contributed by atoms with E-state index >= 15 is 0 Å². The Morgan fingerprint density at radius 3 is 1.42 bits per heavy atom. The molecule has 0 aliphatic carbocycles. The van der Waals surface area contributed by atoms with E-state index in [0.717, 1.165) is 17.1 Å². The highest BCUT2D eigenvalue weighted by Crippen LogP contribution is 2.45. The third-order valence-corrected chi connectivity index (χ3v) is 10.2. The van der Waals surface area contributed by atoms with Gasteiger partial charge in [-0.2, -0.15) is 0 Å². The molecule has 0 unspecified atom stereocenters. The monoisotopic (exact) mass is 667 g/mol. The van der Waals surface area contributed by atoms with E-state index < -0.39 is 0 Å². The number of para-hydroxylation sites is 1. The van der Waals surface area contributed by atoms with Crippen LogP contribution in [-0.2, 0) is 5.41 Å². The second-order valence-electron chi connectivity index (χ2n) is 13.8. The Kier molecular flexibility index (Phi) is 9.08. The van der Waals surface area contributed by atoms with Crippen molar-refractivity contribution in [3.8, 4) is 44.5 Å². The minimum absolute atomic E-state index is 0.136. The second-order valence-corrected chi connectivity index (χ2v) is 13.8. The standard InChI is InChI=1S/C51H41N/c1-51(2,43-22-10-5-11-23-43)44-33-35-45(36-34-44)52(46-24-16-21-42(37-46)40-31-29-39(30-32-40)38-17-6-3-7-18-38)50-28-15-14-27-49(50)48-26-13-12-25-47(48)41-19-8-4-9-20-41/h3-37H,1-2H3. The Balaban J connectivity index is 1.26. The van der Waals surface area contributed by atoms with Crippen molar-refractivity contribution in [2.24, 2.45) is 0 Å². The summed E-state index contributed by atoms with van der Waals surface area (Å²) in [6.07, 6.45) is 0. The van der Waals surface area contributed by atoms with Gasteiger partial charge in [0.2, 0.25) is 0 Å². The first-order chi connectivity index (χ1) is 25.6. The van der Waals surface area contributed by atoms with Gasteiger partial charge in [0.05, 0.1) is 5.69 Å². The van der Waals surface area contributed by atoms with Crippen LogP contribution in [0.2, 0.25) is 0 Å². The minimum Gasteiger partial charge on any atom is -0.310 e. The van der Waals surface area contributed by atoms with Crippen molar-refractivity contribution >= 4 is 17.1 Å². The van der Waals surface area contributed by atoms with Crippen LogP contribution >= 0.6 is 0 Å². The van der Waals surface area contributed by atoms with Crippen molar-refractivity contribution in [1.29, 1.82) is 0 Å². The van der Waals surface area contributed by atoms with E-state index in [4.69, 9.17) is 0 Å². The first-order valence-electron chi connectivity index (χ1n) is 18.0. The number of benzene rings is 8. The molecule has 0 aromatic heterocycles. The van der Waals surface area contributed by atoms with Crippen molar-refractivity contribution in [2.45, 2.75) is 19.3 Å². The topological polar surface area (TPSA) is 3.24 Å². The van der Waals surface area contributed by atoms with E-state index in [0.29, 0.717) is 0 Å². The van der Waals surface area contributed by atoms with Crippen molar-refractivity contribution in [3.05, 3.63) is 223 Å². The van der Waals surface area contributed by atoms with Gasteiger partial charge in [0, 0.05) is 22.4 Å². The van der Waals surface area contributed by atoms with Gasteiger partial charge in [-0.1, -0.05) is 196 Å². The third kappa shape index (κ3) is 6.57. The summed E-state index contributed by atoms with van der Waals surface area (Å²) < 4.78 is 0. The van der Waals surface area contributed by atoms with Gasteiger partial charge in [-0.25, -0.2) is 0 Å². The molecule has 0 N–H and O–H groups in total. The van der Waals surface area contributed by atoms with Crippen molar-refractivity contribution in [3.63, 3.8) is 0 Å². The van der Waals surface area contributed by atoms with Gasteiger partial charge in [-0.05, 0) is 80.4 Å². The SMILES string of the molecule is CC(C)(c1ccccc1)c1ccc(N(c2cccc(-c3ccc(-c4ccccc4)cc3)c2)c2ccccc2-c2ccccc2-c2ccccc2)cc1. The van der Waals surface area contributed by atoms with Gasteiger partial charge in [-0.15, -0.1) is 0 Å². The smallest absolute Gasteiger partial charge is 0.0540 e. The lowest BCUT2D eigenvalue weighted by Crippen LogP contribution is -2.19. The number of nitrogens with zero attached hydrogens (tertiary/aromatic N) is 1. The van der Waals surface area contributed by atoms with E-state index in [9.17, 15) is 0 Å². The Bertz CT molecular complexity index is 2390. The second kappa shape index (κ2) is 14.4. The highest BCUT2D eigenvalue weighted by molar-refractivity contribution is 5.94. The zero-order chi connectivity index (χ0) is 35.3. The van der Waals surface area contributed by atoms with Crippen LogP contribution in [0.1, 0.15) is 25.0 Å². The molecule has 8 rings (SSSR count). The molecule has 1 heteroatoms. The van der Waals surface area contributed by atoms with Crippen molar-refractivity contribution in [2.75, 3.05) is 4.90 Å². The number of anilines is 3. The van der Waals surface area contributed by atoms with Crippen LogP contribution < -0.4 is 4.90 Å². The molecule has 0 amide bonds. The predicted octanol–water partition coefficient (Wildman–Crippen LogP) is 14.2. The molecular weight excluding hydrogens is 627 g/mol. The number of hydrogen-bond acceptors (Lipinski definition) is 1. The molecular formula is C51H41N. The summed E-state index contributed by atoms with van der Waals surface area (Å²) in [5.74, 6) is 0. The van der Waals surface area contributed by atoms with E-state index in [1.165, 1.54) is 55.6 Å². The first-order valence-corrected chi connectivity index (χ1v) is 18.0. The number of hydrogen-bond donors (Lipinski definition) is 0. The molecule has 250 valence electrons. The Morgan fingerprint density at radius 2 is 0.769 bits per heavy atom. The van der Waals surface area contributed by atoms with E-state index in [1.54, 1.807) is 0 Å². The minimum atomic E-state index is -0.136. The summed E-state index contributed by atoms with van der Waals surface area (Å²) >= 11 is 0. The molecule has 1 nitrogen and oxygen atoms in total. The van der Waals surface area contributed by atoms with E-state index in [2.05, 4.69) is 231 Å². The first kappa shape index (κ1) is 32.7. The maximum absolute atomic E-state index is 2.41. The van der Waals surface area contributed by atoms with E-state index in [-0.39, 0.29) is 5.41 Å². The molecule has 0 heterocycles. The van der Waals surface area contributed by atoms with Crippen molar-refractivity contribution in [1.82, 2.24) is 0 Å². The third-order valence-electron chi connectivity index (χ3n) is 10.2. The molecule has 8 aromatic carbocycles. The molecule has 52 heavy (non-hydrogen) atoms. The fourth-order valence-electron chi connectivity index (χ4n) is 7.27. The highest BCUT2D eigenvalue weighted by Gasteiger charge is 2.24. The van der Waals surface area contributed by atoms with Crippen LogP contribution in [0.3, 0.4) is 0 Å². The molecule has 0 fully saturated rings. The zero-order valence-corrected chi connectivity index (χ0v) is 29.7. The quantitative estimate of drug-likeness (QED) is 0.148. The van der Waals surface area contributed by atoms with Crippen LogP contribution in [0, 0.1) is 0 Å². The van der Waals surface area contributed by atoms with Gasteiger partial charge >= 0.3 is 0 Å². The average molecular weight is 668 g/mol. The molecule has 0 saturated carbocycles. The molecule has 8 aromatic rings.